The van der Waals surface area contributed by atoms with Gasteiger partial charge in [0.25, 0.3) is 0 Å². The zero-order valence-electron chi connectivity index (χ0n) is 9.09. The normalized spacial score (nSPS) is 13.9. The van der Waals surface area contributed by atoms with Gasteiger partial charge in [0.1, 0.15) is 12.6 Å². The van der Waals surface area contributed by atoms with Gasteiger partial charge in [-0.3, -0.25) is 4.79 Å². The molecule has 0 saturated heterocycles. The molecule has 0 aromatic carbocycles. The lowest BCUT2D eigenvalue weighted by atomic mass is 10.1. The van der Waals surface area contributed by atoms with Gasteiger partial charge < -0.3 is 25.7 Å². The smallest absolute Gasteiger partial charge is 0.237 e. The van der Waals surface area contributed by atoms with Gasteiger partial charge in [0.2, 0.25) is 5.91 Å². The Morgan fingerprint density at radius 2 is 2.06 bits per heavy atom. The van der Waals surface area contributed by atoms with E-state index in [1.165, 1.54) is 0 Å². The van der Waals surface area contributed by atoms with Gasteiger partial charge in [-0.15, -0.1) is 0 Å². The largest absolute Gasteiger partial charge is 0.396 e. The molecule has 0 bridgehead atoms. The zero-order valence-corrected chi connectivity index (χ0v) is 9.09. The monoisotopic (exact) mass is 230 g/mol. The van der Waals surface area contributed by atoms with E-state index in [1.54, 1.807) is 0 Å². The first-order valence-electron chi connectivity index (χ1n) is 5.21. The molecule has 16 heavy (non-hydrogen) atoms. The molecule has 0 aromatic rings. The Hall–Kier alpha value is -1.27. The standard InChI is InChI=1S/C10H18N2O4/c11-9(4-2-6-14)10(16)12-8(7-15)3-1-5-13/h5,7-9,14H,1-4,6,11H2,(H,12,16)/t8-,9-/m0/s1. The van der Waals surface area contributed by atoms with E-state index in [9.17, 15) is 14.4 Å². The summed E-state index contributed by atoms with van der Waals surface area (Å²) in [5, 5.41) is 11.0. The Morgan fingerprint density at radius 3 is 2.56 bits per heavy atom. The number of hydrogen-bond donors (Lipinski definition) is 3. The van der Waals surface area contributed by atoms with Crippen LogP contribution in [-0.2, 0) is 14.4 Å². The van der Waals surface area contributed by atoms with E-state index in [4.69, 9.17) is 10.8 Å². The highest BCUT2D eigenvalue weighted by Gasteiger charge is 2.16. The highest BCUT2D eigenvalue weighted by atomic mass is 16.3. The Balaban J connectivity index is 3.97. The van der Waals surface area contributed by atoms with Crippen LogP contribution < -0.4 is 11.1 Å². The lowest BCUT2D eigenvalue weighted by molar-refractivity contribution is -0.125. The molecule has 6 heteroatoms. The summed E-state index contributed by atoms with van der Waals surface area (Å²) in [6.45, 7) is -0.0246. The van der Waals surface area contributed by atoms with E-state index >= 15 is 0 Å². The summed E-state index contributed by atoms with van der Waals surface area (Å²) in [5.74, 6) is -0.434. The number of nitrogens with one attached hydrogen (secondary N) is 1. The number of aliphatic hydroxyl groups is 1. The first-order chi connectivity index (χ1) is 7.65. The first kappa shape index (κ1) is 14.7. The number of aldehydes is 2. The van der Waals surface area contributed by atoms with Crippen LogP contribution in [0, 0.1) is 0 Å². The number of carbonyl (C=O) groups excluding carboxylic acids is 3. The van der Waals surface area contributed by atoms with Crippen LogP contribution in [0.2, 0.25) is 0 Å². The summed E-state index contributed by atoms with van der Waals surface area (Å²) in [6.07, 6.45) is 2.58. The van der Waals surface area contributed by atoms with Gasteiger partial charge in [0, 0.05) is 13.0 Å². The number of carbonyl (C=O) groups is 3. The first-order valence-corrected chi connectivity index (χ1v) is 5.21. The molecule has 0 fully saturated rings. The van der Waals surface area contributed by atoms with E-state index in [-0.39, 0.29) is 19.4 Å². The maximum atomic E-state index is 11.4. The van der Waals surface area contributed by atoms with Crippen molar-refractivity contribution in [2.24, 2.45) is 5.73 Å². The van der Waals surface area contributed by atoms with Crippen molar-refractivity contribution in [1.29, 1.82) is 0 Å². The van der Waals surface area contributed by atoms with Gasteiger partial charge in [-0.1, -0.05) is 0 Å². The molecule has 0 radical (unpaired) electrons. The summed E-state index contributed by atoms with van der Waals surface area (Å²) in [4.78, 5) is 32.1. The van der Waals surface area contributed by atoms with E-state index in [0.29, 0.717) is 25.4 Å². The van der Waals surface area contributed by atoms with Crippen LogP contribution in [0.4, 0.5) is 0 Å². The summed E-state index contributed by atoms with van der Waals surface area (Å²) in [7, 11) is 0. The molecular formula is C10H18N2O4. The van der Waals surface area contributed by atoms with Crippen LogP contribution in [0.15, 0.2) is 0 Å². The Morgan fingerprint density at radius 1 is 1.38 bits per heavy atom. The quantitative estimate of drug-likeness (QED) is 0.429. The average molecular weight is 230 g/mol. The number of hydrogen-bond acceptors (Lipinski definition) is 5. The van der Waals surface area contributed by atoms with Crippen LogP contribution in [0.3, 0.4) is 0 Å². The summed E-state index contributed by atoms with van der Waals surface area (Å²) in [5.41, 5.74) is 5.53. The van der Waals surface area contributed by atoms with Crippen molar-refractivity contribution in [2.45, 2.75) is 37.8 Å². The van der Waals surface area contributed by atoms with Crippen molar-refractivity contribution >= 4 is 18.5 Å². The third-order valence-corrected chi connectivity index (χ3v) is 2.10. The highest BCUT2D eigenvalue weighted by Crippen LogP contribution is 1.97. The van der Waals surface area contributed by atoms with E-state index in [1.807, 2.05) is 0 Å². The molecule has 92 valence electrons. The molecule has 0 unspecified atom stereocenters. The minimum absolute atomic E-state index is 0.0246. The molecule has 0 aromatic heterocycles. The van der Waals surface area contributed by atoms with Crippen LogP contribution >= 0.6 is 0 Å². The predicted molar refractivity (Wildman–Crippen MR) is 57.6 cm³/mol. The molecular weight excluding hydrogens is 212 g/mol. The fourth-order valence-electron chi connectivity index (χ4n) is 1.15. The fraction of sp³-hybridized carbons (Fsp3) is 0.700. The molecule has 0 aliphatic heterocycles. The topological polar surface area (TPSA) is 109 Å². The third kappa shape index (κ3) is 6.26. The van der Waals surface area contributed by atoms with E-state index < -0.39 is 18.0 Å². The Bertz CT molecular complexity index is 233. The van der Waals surface area contributed by atoms with Crippen molar-refractivity contribution in [3.63, 3.8) is 0 Å². The summed E-state index contributed by atoms with van der Waals surface area (Å²) < 4.78 is 0. The van der Waals surface area contributed by atoms with Crippen LogP contribution in [0.25, 0.3) is 0 Å². The lowest BCUT2D eigenvalue weighted by Gasteiger charge is -2.15. The molecule has 0 aliphatic rings. The number of aliphatic hydroxyl groups excluding tert-OH is 1. The Kier molecular flexibility index (Phi) is 8.28. The zero-order chi connectivity index (χ0) is 12.4. The van der Waals surface area contributed by atoms with Crippen molar-refractivity contribution < 1.29 is 19.5 Å². The number of amides is 1. The number of rotatable bonds is 9. The van der Waals surface area contributed by atoms with Crippen LogP contribution in [0.5, 0.6) is 0 Å². The van der Waals surface area contributed by atoms with Gasteiger partial charge >= 0.3 is 0 Å². The molecule has 4 N–H and O–H groups in total. The van der Waals surface area contributed by atoms with Crippen molar-refractivity contribution in [2.75, 3.05) is 6.61 Å². The third-order valence-electron chi connectivity index (χ3n) is 2.10. The van der Waals surface area contributed by atoms with E-state index in [2.05, 4.69) is 5.32 Å². The van der Waals surface area contributed by atoms with Gasteiger partial charge in [0.15, 0.2) is 0 Å². The molecule has 0 saturated carbocycles. The Labute approximate surface area is 94.2 Å². The molecule has 0 spiro atoms. The molecule has 2 atom stereocenters. The molecule has 0 rings (SSSR count). The van der Waals surface area contributed by atoms with Crippen molar-refractivity contribution in [1.82, 2.24) is 5.32 Å². The number of nitrogens with two attached hydrogens (primary N) is 1. The van der Waals surface area contributed by atoms with Gasteiger partial charge in [-0.25, -0.2) is 0 Å². The molecule has 1 amide bonds. The average Bonchev–Trinajstić information content (AvgIpc) is 2.30. The highest BCUT2D eigenvalue weighted by molar-refractivity contribution is 5.84. The van der Waals surface area contributed by atoms with Gasteiger partial charge in [-0.05, 0) is 19.3 Å². The summed E-state index contributed by atoms with van der Waals surface area (Å²) in [6, 6.07) is -1.40. The second kappa shape index (κ2) is 8.99. The SMILES string of the molecule is N[C@@H](CCCO)C(=O)N[C@H](C=O)CCC=O. The second-order valence-electron chi connectivity index (χ2n) is 3.47. The lowest BCUT2D eigenvalue weighted by Crippen LogP contribution is -2.46. The van der Waals surface area contributed by atoms with Crippen molar-refractivity contribution in [3.05, 3.63) is 0 Å². The fourth-order valence-corrected chi connectivity index (χ4v) is 1.15. The minimum atomic E-state index is -0.731. The maximum Gasteiger partial charge on any atom is 0.237 e. The van der Waals surface area contributed by atoms with Gasteiger partial charge in [0.05, 0.1) is 12.1 Å². The summed E-state index contributed by atoms with van der Waals surface area (Å²) >= 11 is 0. The van der Waals surface area contributed by atoms with Crippen LogP contribution in [0.1, 0.15) is 25.7 Å². The molecule has 0 aliphatic carbocycles. The predicted octanol–water partition coefficient (Wildman–Crippen LogP) is -1.25. The molecule has 6 nitrogen and oxygen atoms in total. The minimum Gasteiger partial charge on any atom is -0.396 e. The van der Waals surface area contributed by atoms with Gasteiger partial charge in [-0.2, -0.15) is 0 Å². The van der Waals surface area contributed by atoms with E-state index in [0.717, 1.165) is 0 Å². The maximum absolute atomic E-state index is 11.4. The molecule has 0 heterocycles. The van der Waals surface area contributed by atoms with Crippen molar-refractivity contribution in [3.8, 4) is 0 Å². The van der Waals surface area contributed by atoms with Crippen LogP contribution in [-0.4, -0.2) is 42.3 Å². The second-order valence-corrected chi connectivity index (χ2v) is 3.47.